The normalized spacial score (nSPS) is 24.7. The summed E-state index contributed by atoms with van der Waals surface area (Å²) in [5, 5.41) is 0. The first-order valence-electron chi connectivity index (χ1n) is 3.37. The molecule has 58 valence electrons. The quantitative estimate of drug-likeness (QED) is 0.548. The molecule has 0 aromatic carbocycles. The first-order valence-corrected chi connectivity index (χ1v) is 3.37. The van der Waals surface area contributed by atoms with Crippen LogP contribution in [0.25, 0.3) is 0 Å². The molecule has 10 heavy (non-hydrogen) atoms. The lowest BCUT2D eigenvalue weighted by Crippen LogP contribution is -2.21. The highest BCUT2D eigenvalue weighted by molar-refractivity contribution is 5.69. The summed E-state index contributed by atoms with van der Waals surface area (Å²) in [6.07, 6.45) is 0.337. The van der Waals surface area contributed by atoms with Crippen LogP contribution in [0, 0.1) is 0 Å². The third-order valence-corrected chi connectivity index (χ3v) is 1.27. The average molecular weight is 145 g/mol. The van der Waals surface area contributed by atoms with Gasteiger partial charge in [-0.3, -0.25) is 9.63 Å². The second-order valence-electron chi connectivity index (χ2n) is 2.12. The molecule has 0 aromatic heterocycles. The molecule has 1 rings (SSSR count). The van der Waals surface area contributed by atoms with Gasteiger partial charge in [0, 0.05) is 6.42 Å². The van der Waals surface area contributed by atoms with Gasteiger partial charge in [0.1, 0.15) is 12.7 Å². The Balaban J connectivity index is 2.17. The second kappa shape index (κ2) is 3.53. The molecule has 1 aliphatic rings. The van der Waals surface area contributed by atoms with Crippen LogP contribution < -0.4 is 5.48 Å². The standard InChI is InChI=1S/C6H11NO3/c1-2-6(8)10-5-3-7-9-4-5/h5,7H,2-4H2,1H3/t5-/m0/s1. The Morgan fingerprint density at radius 2 is 2.70 bits per heavy atom. The van der Waals surface area contributed by atoms with Crippen LogP contribution in [0.1, 0.15) is 13.3 Å². The fourth-order valence-electron chi connectivity index (χ4n) is 0.708. The Morgan fingerprint density at radius 1 is 1.90 bits per heavy atom. The Morgan fingerprint density at radius 3 is 3.20 bits per heavy atom. The number of nitrogens with one attached hydrogen (secondary N) is 1. The molecule has 0 aromatic rings. The Labute approximate surface area is 59.5 Å². The van der Waals surface area contributed by atoms with E-state index in [1.165, 1.54) is 0 Å². The van der Waals surface area contributed by atoms with E-state index in [-0.39, 0.29) is 12.1 Å². The van der Waals surface area contributed by atoms with Gasteiger partial charge in [0.2, 0.25) is 0 Å². The second-order valence-corrected chi connectivity index (χ2v) is 2.12. The molecule has 1 aliphatic heterocycles. The van der Waals surface area contributed by atoms with Crippen molar-refractivity contribution in [1.29, 1.82) is 0 Å². The van der Waals surface area contributed by atoms with Gasteiger partial charge in [0.15, 0.2) is 0 Å². The molecular weight excluding hydrogens is 134 g/mol. The van der Waals surface area contributed by atoms with Gasteiger partial charge in [-0.25, -0.2) is 0 Å². The van der Waals surface area contributed by atoms with Gasteiger partial charge >= 0.3 is 5.97 Å². The van der Waals surface area contributed by atoms with E-state index < -0.39 is 0 Å². The van der Waals surface area contributed by atoms with E-state index in [2.05, 4.69) is 5.48 Å². The van der Waals surface area contributed by atoms with E-state index in [1.54, 1.807) is 6.92 Å². The SMILES string of the molecule is CCC(=O)O[C@H]1CNOC1. The van der Waals surface area contributed by atoms with Crippen LogP contribution in [-0.4, -0.2) is 25.2 Å². The third kappa shape index (κ3) is 1.97. The maximum Gasteiger partial charge on any atom is 0.305 e. The lowest BCUT2D eigenvalue weighted by atomic mass is 10.4. The van der Waals surface area contributed by atoms with Crippen molar-refractivity contribution in [3.8, 4) is 0 Å². The molecule has 1 saturated heterocycles. The minimum atomic E-state index is -0.169. The van der Waals surface area contributed by atoms with Gasteiger partial charge in [-0.05, 0) is 0 Å². The van der Waals surface area contributed by atoms with Crippen LogP contribution in [0.4, 0.5) is 0 Å². The molecule has 0 aliphatic carbocycles. The Kier molecular flexibility index (Phi) is 2.65. The maximum atomic E-state index is 10.7. The van der Waals surface area contributed by atoms with Crippen molar-refractivity contribution < 1.29 is 14.4 Å². The number of esters is 1. The zero-order valence-corrected chi connectivity index (χ0v) is 5.92. The summed E-state index contributed by atoms with van der Waals surface area (Å²) >= 11 is 0. The zero-order valence-electron chi connectivity index (χ0n) is 5.92. The number of carbonyl (C=O) groups excluding carboxylic acids is 1. The molecule has 0 saturated carbocycles. The molecule has 4 nitrogen and oxygen atoms in total. The molecule has 0 amide bonds. The minimum Gasteiger partial charge on any atom is -0.458 e. The average Bonchev–Trinajstić information content (AvgIpc) is 2.40. The number of hydrogen-bond acceptors (Lipinski definition) is 4. The molecule has 1 atom stereocenters. The molecule has 0 unspecified atom stereocenters. The van der Waals surface area contributed by atoms with Crippen molar-refractivity contribution in [3.05, 3.63) is 0 Å². The largest absolute Gasteiger partial charge is 0.458 e. The van der Waals surface area contributed by atoms with E-state index in [4.69, 9.17) is 9.57 Å². The predicted octanol–water partition coefficient (Wildman–Crippen LogP) is -0.157. The van der Waals surface area contributed by atoms with Crippen molar-refractivity contribution >= 4 is 5.97 Å². The maximum absolute atomic E-state index is 10.7. The summed E-state index contributed by atoms with van der Waals surface area (Å²) in [5.74, 6) is -0.169. The molecular formula is C6H11NO3. The van der Waals surface area contributed by atoms with E-state index in [0.717, 1.165) is 0 Å². The highest BCUT2D eigenvalue weighted by atomic mass is 16.7. The summed E-state index contributed by atoms with van der Waals surface area (Å²) in [4.78, 5) is 15.4. The highest BCUT2D eigenvalue weighted by Gasteiger charge is 2.18. The van der Waals surface area contributed by atoms with E-state index in [9.17, 15) is 4.79 Å². The smallest absolute Gasteiger partial charge is 0.305 e. The summed E-state index contributed by atoms with van der Waals surface area (Å²) in [5.41, 5.74) is 2.62. The Bertz CT molecular complexity index is 120. The van der Waals surface area contributed by atoms with Crippen molar-refractivity contribution in [1.82, 2.24) is 5.48 Å². The number of hydrogen-bond donors (Lipinski definition) is 1. The fraction of sp³-hybridized carbons (Fsp3) is 0.833. The van der Waals surface area contributed by atoms with Crippen LogP contribution in [0.5, 0.6) is 0 Å². The molecule has 1 heterocycles. The van der Waals surface area contributed by atoms with Gasteiger partial charge in [0.05, 0.1) is 6.54 Å². The molecule has 0 radical (unpaired) electrons. The first-order chi connectivity index (χ1) is 4.83. The number of rotatable bonds is 2. The molecule has 1 fully saturated rings. The van der Waals surface area contributed by atoms with Crippen LogP contribution in [0.2, 0.25) is 0 Å². The van der Waals surface area contributed by atoms with E-state index >= 15 is 0 Å². The minimum absolute atomic E-state index is 0.0903. The topological polar surface area (TPSA) is 47.6 Å². The summed E-state index contributed by atoms with van der Waals surface area (Å²) in [7, 11) is 0. The highest BCUT2D eigenvalue weighted by Crippen LogP contribution is 1.99. The third-order valence-electron chi connectivity index (χ3n) is 1.27. The molecule has 1 N–H and O–H groups in total. The van der Waals surface area contributed by atoms with Crippen molar-refractivity contribution in [3.63, 3.8) is 0 Å². The number of ether oxygens (including phenoxy) is 1. The van der Waals surface area contributed by atoms with Gasteiger partial charge in [-0.1, -0.05) is 6.92 Å². The lowest BCUT2D eigenvalue weighted by molar-refractivity contribution is -0.148. The first kappa shape index (κ1) is 7.50. The van der Waals surface area contributed by atoms with Crippen LogP contribution in [0.15, 0.2) is 0 Å². The summed E-state index contributed by atoms with van der Waals surface area (Å²) < 4.78 is 4.93. The van der Waals surface area contributed by atoms with Crippen molar-refractivity contribution in [2.24, 2.45) is 0 Å². The Hall–Kier alpha value is -0.610. The van der Waals surface area contributed by atoms with Gasteiger partial charge in [-0.2, -0.15) is 5.48 Å². The fourth-order valence-corrected chi connectivity index (χ4v) is 0.708. The predicted molar refractivity (Wildman–Crippen MR) is 34.1 cm³/mol. The van der Waals surface area contributed by atoms with E-state index in [0.29, 0.717) is 19.6 Å². The van der Waals surface area contributed by atoms with Gasteiger partial charge in [-0.15, -0.1) is 0 Å². The molecule has 4 heteroatoms. The summed E-state index contributed by atoms with van der Waals surface area (Å²) in [6, 6.07) is 0. The van der Waals surface area contributed by atoms with Crippen molar-refractivity contribution in [2.75, 3.05) is 13.2 Å². The van der Waals surface area contributed by atoms with Crippen molar-refractivity contribution in [2.45, 2.75) is 19.4 Å². The zero-order chi connectivity index (χ0) is 7.40. The van der Waals surface area contributed by atoms with E-state index in [1.807, 2.05) is 0 Å². The number of hydroxylamine groups is 1. The molecule has 0 spiro atoms. The van der Waals surface area contributed by atoms with Crippen LogP contribution in [0.3, 0.4) is 0 Å². The summed E-state index contributed by atoms with van der Waals surface area (Å²) in [6.45, 7) is 2.84. The number of carbonyl (C=O) groups is 1. The lowest BCUT2D eigenvalue weighted by Gasteiger charge is -2.06. The van der Waals surface area contributed by atoms with Gasteiger partial charge in [0.25, 0.3) is 0 Å². The van der Waals surface area contributed by atoms with Crippen LogP contribution >= 0.6 is 0 Å². The van der Waals surface area contributed by atoms with Gasteiger partial charge < -0.3 is 4.74 Å². The van der Waals surface area contributed by atoms with Crippen LogP contribution in [-0.2, 0) is 14.4 Å². The molecule has 0 bridgehead atoms. The monoisotopic (exact) mass is 145 g/mol.